The summed E-state index contributed by atoms with van der Waals surface area (Å²) < 4.78 is 4.80. The highest BCUT2D eigenvalue weighted by Gasteiger charge is 1.85. The first-order valence-corrected chi connectivity index (χ1v) is 4.95. The lowest BCUT2D eigenvalue weighted by Gasteiger charge is -1.93. The Kier molecular flexibility index (Phi) is 4.16. The third-order valence-corrected chi connectivity index (χ3v) is 3.21. The minimum absolute atomic E-state index is 0.295. The number of halogens is 1. The molecule has 6 heavy (non-hydrogen) atoms. The molecule has 0 N–H and O–H groups in total. The second-order valence-corrected chi connectivity index (χ2v) is 4.35. The van der Waals surface area contributed by atoms with Gasteiger partial charge in [-0.25, -0.2) is 0 Å². The van der Waals surface area contributed by atoms with Gasteiger partial charge in [-0.2, -0.15) is 0 Å². The van der Waals surface area contributed by atoms with Crippen molar-refractivity contribution in [2.75, 3.05) is 0 Å². The van der Waals surface area contributed by atoms with Gasteiger partial charge in [0.25, 0.3) is 0 Å². The summed E-state index contributed by atoms with van der Waals surface area (Å²) in [4.78, 5) is 0. The summed E-state index contributed by atoms with van der Waals surface area (Å²) in [7, 11) is 0. The highest BCUT2D eigenvalue weighted by atomic mass is 127. The average molecular weight is 198 g/mol. The molecule has 0 aliphatic carbocycles. The Morgan fingerprint density at radius 1 is 1.83 bits per heavy atom. The monoisotopic (exact) mass is 198 g/mol. The Balaban J connectivity index is 2.96. The molecule has 1 heteroatoms. The van der Waals surface area contributed by atoms with Gasteiger partial charge in [-0.3, -0.25) is 0 Å². The van der Waals surface area contributed by atoms with E-state index < -0.39 is 0 Å². The molecule has 1 unspecified atom stereocenters. The molecule has 0 bridgehead atoms. The Hall–Kier alpha value is 0.600. The fourth-order valence-electron chi connectivity index (χ4n) is 0.109. The molecule has 0 saturated carbocycles. The van der Waals surface area contributed by atoms with E-state index in [4.69, 9.17) is 0 Å². The average Bonchev–Trinajstić information content (AvgIpc) is 1.65. The number of rotatable bonds is 2. The first kappa shape index (κ1) is 6.60. The van der Waals surface area contributed by atoms with Crippen molar-refractivity contribution in [2.24, 2.45) is 0 Å². The lowest BCUT2D eigenvalue weighted by Crippen LogP contribution is -1.82. The SMILES string of the molecule is C=IC(C)CC. The molecule has 0 heterocycles. The first-order valence-electron chi connectivity index (χ1n) is 2.18. The van der Waals surface area contributed by atoms with Gasteiger partial charge < -0.3 is 0 Å². The van der Waals surface area contributed by atoms with Crippen LogP contribution in [0.15, 0.2) is 0 Å². The third kappa shape index (κ3) is 2.82. The topological polar surface area (TPSA) is 0 Å². The predicted octanol–water partition coefficient (Wildman–Crippen LogP) is 2.19. The Morgan fingerprint density at radius 3 is 2.33 bits per heavy atom. The van der Waals surface area contributed by atoms with Crippen LogP contribution < -0.4 is 0 Å². The molecule has 1 atom stereocenters. The minimum atomic E-state index is 0.295. The summed E-state index contributed by atoms with van der Waals surface area (Å²) in [5.74, 6) is 0. The zero-order chi connectivity index (χ0) is 4.99. The van der Waals surface area contributed by atoms with Crippen LogP contribution in [0.1, 0.15) is 20.3 Å². The maximum Gasteiger partial charge on any atom is 0.00259 e. The van der Waals surface area contributed by atoms with Crippen molar-refractivity contribution < 1.29 is 0 Å². The summed E-state index contributed by atoms with van der Waals surface area (Å²) in [5, 5.41) is 0. The van der Waals surface area contributed by atoms with E-state index in [0.717, 1.165) is 3.92 Å². The Bertz CT molecular complexity index is 41.2. The van der Waals surface area contributed by atoms with Gasteiger partial charge in [0.1, 0.15) is 0 Å². The molecule has 0 nitrogen and oxygen atoms in total. The summed E-state index contributed by atoms with van der Waals surface area (Å²) in [6.07, 6.45) is 1.32. The van der Waals surface area contributed by atoms with Crippen molar-refractivity contribution in [3.63, 3.8) is 0 Å². The van der Waals surface area contributed by atoms with E-state index in [9.17, 15) is 0 Å². The van der Waals surface area contributed by atoms with E-state index >= 15 is 0 Å². The molecule has 0 radical (unpaired) electrons. The summed E-state index contributed by atoms with van der Waals surface area (Å²) in [5.41, 5.74) is 0. The van der Waals surface area contributed by atoms with E-state index in [2.05, 4.69) is 18.4 Å². The van der Waals surface area contributed by atoms with Gasteiger partial charge in [0.2, 0.25) is 0 Å². The van der Waals surface area contributed by atoms with Gasteiger partial charge in [-0.15, -0.1) is 20.7 Å². The number of alkyl halides is 1. The fourth-order valence-corrected chi connectivity index (χ4v) is 0.732. The molecular weight excluding hydrogens is 187 g/mol. The zero-order valence-electron chi connectivity index (χ0n) is 4.37. The van der Waals surface area contributed by atoms with Gasteiger partial charge in [0.15, 0.2) is 0 Å². The standard InChI is InChI=1S/C5H11I/c1-4-5(2)6-3/h5H,3-4H2,1-2H3. The van der Waals surface area contributed by atoms with Crippen molar-refractivity contribution in [2.45, 2.75) is 24.2 Å². The molecule has 0 spiro atoms. The molecule has 0 aliphatic heterocycles. The van der Waals surface area contributed by atoms with Crippen LogP contribution in [0, 0.1) is 0 Å². The molecule has 0 aromatic carbocycles. The van der Waals surface area contributed by atoms with E-state index in [0.29, 0.717) is 20.7 Å². The van der Waals surface area contributed by atoms with Crippen molar-refractivity contribution in [3.8, 4) is 0 Å². The largest absolute Gasteiger partial charge is 0.128 e. The van der Waals surface area contributed by atoms with Crippen LogP contribution in [0.3, 0.4) is 0 Å². The Morgan fingerprint density at radius 2 is 2.33 bits per heavy atom. The van der Waals surface area contributed by atoms with Crippen molar-refractivity contribution in [3.05, 3.63) is 0 Å². The summed E-state index contributed by atoms with van der Waals surface area (Å²) in [6.45, 7) is 4.48. The third-order valence-electron chi connectivity index (χ3n) is 0.826. The second-order valence-electron chi connectivity index (χ2n) is 1.34. The van der Waals surface area contributed by atoms with Gasteiger partial charge in [0, 0.05) is 3.92 Å². The van der Waals surface area contributed by atoms with Gasteiger partial charge in [-0.05, 0) is 6.42 Å². The molecule has 0 rings (SSSR count). The quantitative estimate of drug-likeness (QED) is 0.471. The molecule has 0 saturated heterocycles. The van der Waals surface area contributed by atoms with Crippen LogP contribution in [-0.2, 0) is 0 Å². The fraction of sp³-hybridized carbons (Fsp3) is 0.800. The normalized spacial score (nSPS) is 14.3. The molecule has 0 aliphatic rings. The predicted molar refractivity (Wildman–Crippen MR) is 40.9 cm³/mol. The zero-order valence-corrected chi connectivity index (χ0v) is 6.53. The molecule has 38 valence electrons. The molecule has 0 aromatic heterocycles. The van der Waals surface area contributed by atoms with Gasteiger partial charge in [0.05, 0.1) is 0 Å². The Labute approximate surface area is 49.7 Å². The second kappa shape index (κ2) is 3.78. The van der Waals surface area contributed by atoms with Crippen LogP contribution in [0.2, 0.25) is 0 Å². The van der Waals surface area contributed by atoms with Crippen LogP contribution in [0.25, 0.3) is 0 Å². The maximum atomic E-state index is 3.87. The van der Waals surface area contributed by atoms with E-state index in [-0.39, 0.29) is 0 Å². The lowest BCUT2D eigenvalue weighted by molar-refractivity contribution is 0.938. The first-order chi connectivity index (χ1) is 2.81. The molecule has 0 aromatic rings. The van der Waals surface area contributed by atoms with Gasteiger partial charge in [-0.1, -0.05) is 18.4 Å². The van der Waals surface area contributed by atoms with Crippen LogP contribution >= 0.6 is 20.7 Å². The lowest BCUT2D eigenvalue weighted by atomic mass is 10.4. The highest BCUT2D eigenvalue weighted by Crippen LogP contribution is 2.07. The van der Waals surface area contributed by atoms with E-state index in [1.807, 2.05) is 0 Å². The molecule has 0 amide bonds. The molecular formula is C5H11I. The summed E-state index contributed by atoms with van der Waals surface area (Å²) >= 11 is 0.295. The van der Waals surface area contributed by atoms with Crippen LogP contribution in [-0.4, -0.2) is 8.44 Å². The smallest absolute Gasteiger partial charge is 0.00259 e. The number of hydrogen-bond acceptors (Lipinski definition) is 0. The highest BCUT2D eigenvalue weighted by molar-refractivity contribution is 14.2. The van der Waals surface area contributed by atoms with Crippen LogP contribution in [0.5, 0.6) is 0 Å². The summed E-state index contributed by atoms with van der Waals surface area (Å²) in [6, 6.07) is 0. The number of hydrogen-bond donors (Lipinski definition) is 0. The minimum Gasteiger partial charge on any atom is -0.128 e. The van der Waals surface area contributed by atoms with Gasteiger partial charge >= 0.3 is 0 Å². The van der Waals surface area contributed by atoms with E-state index in [1.165, 1.54) is 6.42 Å². The van der Waals surface area contributed by atoms with Crippen molar-refractivity contribution in [1.82, 2.24) is 0 Å². The molecule has 0 fully saturated rings. The maximum absolute atomic E-state index is 3.87. The van der Waals surface area contributed by atoms with Crippen LogP contribution in [0.4, 0.5) is 0 Å². The van der Waals surface area contributed by atoms with Crippen molar-refractivity contribution in [1.29, 1.82) is 0 Å². The van der Waals surface area contributed by atoms with Crippen molar-refractivity contribution >= 4 is 25.2 Å². The van der Waals surface area contributed by atoms with E-state index in [1.54, 1.807) is 0 Å².